The van der Waals surface area contributed by atoms with Crippen LogP contribution in [0.1, 0.15) is 32.1 Å². The molecule has 3 aliphatic heterocycles. The van der Waals surface area contributed by atoms with Crippen LogP contribution in [-0.4, -0.2) is 63.1 Å². The molecule has 3 saturated heterocycles. The molecule has 2 aromatic heterocycles. The number of pyridine rings is 1. The van der Waals surface area contributed by atoms with Crippen LogP contribution < -0.4 is 0 Å². The first-order chi connectivity index (χ1) is 13.3. The number of nitrogens with zero attached hydrogens (tertiary/aromatic N) is 3. The molecule has 150 valence electrons. The van der Waals surface area contributed by atoms with Gasteiger partial charge in [-0.3, -0.25) is 9.78 Å². The Kier molecular flexibility index (Phi) is 4.07. The molecule has 1 amide bonds. The topological polar surface area (TPSA) is 92.5 Å². The van der Waals surface area contributed by atoms with Crippen LogP contribution in [-0.2, 0) is 21.2 Å². The van der Waals surface area contributed by atoms with Crippen molar-refractivity contribution in [2.75, 3.05) is 11.5 Å². The summed E-state index contributed by atoms with van der Waals surface area (Å²) in [6.45, 7) is 0.481. The Morgan fingerprint density at radius 3 is 2.64 bits per heavy atom. The maximum atomic E-state index is 13.0. The predicted octanol–water partition coefficient (Wildman–Crippen LogP) is 1.36. The van der Waals surface area contributed by atoms with Crippen molar-refractivity contribution >= 4 is 26.6 Å². The summed E-state index contributed by atoms with van der Waals surface area (Å²) >= 11 is 0. The summed E-state index contributed by atoms with van der Waals surface area (Å²) < 4.78 is 25.6. The third kappa shape index (κ3) is 3.03. The van der Waals surface area contributed by atoms with Gasteiger partial charge in [0.25, 0.3) is 0 Å². The highest BCUT2D eigenvalue weighted by Gasteiger charge is 2.51. The van der Waals surface area contributed by atoms with Crippen molar-refractivity contribution < 1.29 is 18.3 Å². The van der Waals surface area contributed by atoms with Crippen molar-refractivity contribution in [3.63, 3.8) is 0 Å². The van der Waals surface area contributed by atoms with Crippen LogP contribution in [0.3, 0.4) is 0 Å². The summed E-state index contributed by atoms with van der Waals surface area (Å²) in [5.74, 6) is -0.329. The number of amides is 1. The van der Waals surface area contributed by atoms with E-state index in [1.165, 1.54) is 0 Å². The van der Waals surface area contributed by atoms with Gasteiger partial charge in [-0.05, 0) is 44.2 Å². The molecule has 1 N–H and O–H groups in total. The van der Waals surface area contributed by atoms with E-state index in [1.807, 2.05) is 34.0 Å². The zero-order valence-corrected chi connectivity index (χ0v) is 16.5. The predicted molar refractivity (Wildman–Crippen MR) is 104 cm³/mol. The molecule has 0 aromatic carbocycles. The maximum Gasteiger partial charge on any atom is 0.227 e. The Morgan fingerprint density at radius 1 is 1.21 bits per heavy atom. The fourth-order valence-electron chi connectivity index (χ4n) is 5.50. The summed E-state index contributed by atoms with van der Waals surface area (Å²) in [6.07, 6.45) is 8.82. The fraction of sp³-hybridized carbons (Fsp3) is 0.600. The largest absolute Gasteiger partial charge is 0.388 e. The average Bonchev–Trinajstić information content (AvgIpc) is 3.30. The summed E-state index contributed by atoms with van der Waals surface area (Å²) in [4.78, 5) is 19.1. The Balaban J connectivity index is 1.34. The van der Waals surface area contributed by atoms with Gasteiger partial charge in [-0.1, -0.05) is 0 Å². The van der Waals surface area contributed by atoms with E-state index in [2.05, 4.69) is 4.98 Å². The third-order valence-corrected chi connectivity index (χ3v) is 8.50. The summed E-state index contributed by atoms with van der Waals surface area (Å²) in [5, 5.41) is 12.5. The molecule has 8 heteroatoms. The van der Waals surface area contributed by atoms with Crippen molar-refractivity contribution in [1.82, 2.24) is 14.5 Å². The van der Waals surface area contributed by atoms with Crippen LogP contribution in [0.4, 0.5) is 0 Å². The first-order valence-electron chi connectivity index (χ1n) is 9.97. The number of hydrogen-bond acceptors (Lipinski definition) is 5. The molecule has 0 saturated carbocycles. The van der Waals surface area contributed by atoms with E-state index in [0.717, 1.165) is 23.7 Å². The van der Waals surface area contributed by atoms with E-state index in [-0.39, 0.29) is 29.5 Å². The van der Waals surface area contributed by atoms with Crippen LogP contribution in [0.15, 0.2) is 30.7 Å². The van der Waals surface area contributed by atoms with Crippen LogP contribution in [0, 0.1) is 5.92 Å². The lowest BCUT2D eigenvalue weighted by atomic mass is 9.85. The van der Waals surface area contributed by atoms with Gasteiger partial charge in [0.1, 0.15) is 0 Å². The molecule has 3 aliphatic rings. The summed E-state index contributed by atoms with van der Waals surface area (Å²) in [6, 6.07) is 3.98. The second-order valence-electron chi connectivity index (χ2n) is 8.74. The van der Waals surface area contributed by atoms with Crippen molar-refractivity contribution in [3.05, 3.63) is 30.7 Å². The molecule has 2 aromatic rings. The van der Waals surface area contributed by atoms with Gasteiger partial charge in [-0.2, -0.15) is 0 Å². The van der Waals surface area contributed by atoms with Crippen LogP contribution in [0.25, 0.3) is 10.9 Å². The van der Waals surface area contributed by atoms with Gasteiger partial charge in [-0.25, -0.2) is 8.42 Å². The molecule has 3 atom stereocenters. The molecule has 7 nitrogen and oxygen atoms in total. The lowest BCUT2D eigenvalue weighted by Crippen LogP contribution is -2.56. The molecule has 28 heavy (non-hydrogen) atoms. The second kappa shape index (κ2) is 6.29. The molecular formula is C20H25N3O4S. The standard InChI is InChI=1S/C20H25N3O4S/c24-19(15-5-8-28(26,27)12-15)23-16-1-2-17(23)10-20(25,9-16)13-22-7-4-14-3-6-21-11-18(14)22/h3-4,6-7,11,15-17,25H,1-2,5,8-10,12-13H2. The number of sulfone groups is 1. The van der Waals surface area contributed by atoms with E-state index in [4.69, 9.17) is 0 Å². The number of hydrogen-bond donors (Lipinski definition) is 1. The quantitative estimate of drug-likeness (QED) is 0.835. The van der Waals surface area contributed by atoms with Gasteiger partial charge < -0.3 is 14.6 Å². The van der Waals surface area contributed by atoms with Gasteiger partial charge in [0.2, 0.25) is 5.91 Å². The van der Waals surface area contributed by atoms with E-state index >= 15 is 0 Å². The number of rotatable bonds is 3. The lowest BCUT2D eigenvalue weighted by molar-refractivity contribution is -0.145. The van der Waals surface area contributed by atoms with Gasteiger partial charge >= 0.3 is 0 Å². The number of carbonyl (C=O) groups excluding carboxylic acids is 1. The average molecular weight is 404 g/mol. The first kappa shape index (κ1) is 18.1. The molecule has 0 spiro atoms. The molecule has 0 radical (unpaired) electrons. The Morgan fingerprint density at radius 2 is 1.96 bits per heavy atom. The number of piperidine rings is 1. The highest BCUT2D eigenvalue weighted by molar-refractivity contribution is 7.91. The SMILES string of the molecule is O=C(C1CCS(=O)(=O)C1)N1C2CCC1CC(O)(Cn1ccc3ccncc31)C2. The molecule has 5 rings (SSSR count). The highest BCUT2D eigenvalue weighted by atomic mass is 32.2. The third-order valence-electron chi connectivity index (χ3n) is 6.73. The number of carbonyl (C=O) groups is 1. The van der Waals surface area contributed by atoms with Crippen LogP contribution in [0.2, 0.25) is 0 Å². The van der Waals surface area contributed by atoms with E-state index < -0.39 is 21.4 Å². The molecule has 0 aliphatic carbocycles. The maximum absolute atomic E-state index is 13.0. The number of aromatic nitrogens is 2. The Hall–Kier alpha value is -1.93. The fourth-order valence-corrected chi connectivity index (χ4v) is 7.23. The highest BCUT2D eigenvalue weighted by Crippen LogP contribution is 2.43. The van der Waals surface area contributed by atoms with Gasteiger partial charge in [0.15, 0.2) is 9.84 Å². The van der Waals surface area contributed by atoms with Gasteiger partial charge in [-0.15, -0.1) is 0 Å². The second-order valence-corrected chi connectivity index (χ2v) is 11.0. The zero-order chi connectivity index (χ0) is 19.5. The van der Waals surface area contributed by atoms with Crippen LogP contribution in [0.5, 0.6) is 0 Å². The van der Waals surface area contributed by atoms with Crippen molar-refractivity contribution in [3.8, 4) is 0 Å². The van der Waals surface area contributed by atoms with Crippen molar-refractivity contribution in [2.45, 2.75) is 56.3 Å². The first-order valence-corrected chi connectivity index (χ1v) is 11.8. The number of fused-ring (bicyclic) bond motifs is 3. The molecule has 3 unspecified atom stereocenters. The van der Waals surface area contributed by atoms with Crippen molar-refractivity contribution in [1.29, 1.82) is 0 Å². The monoisotopic (exact) mass is 403 g/mol. The minimum atomic E-state index is -3.08. The van der Waals surface area contributed by atoms with Crippen molar-refractivity contribution in [2.24, 2.45) is 5.92 Å². The summed E-state index contributed by atoms with van der Waals surface area (Å²) in [7, 11) is -3.08. The van der Waals surface area contributed by atoms with E-state index in [0.29, 0.717) is 25.8 Å². The molecule has 3 fully saturated rings. The zero-order valence-electron chi connectivity index (χ0n) is 15.7. The lowest BCUT2D eigenvalue weighted by Gasteiger charge is -2.44. The van der Waals surface area contributed by atoms with Gasteiger partial charge in [0, 0.05) is 29.9 Å². The Labute approximate surface area is 164 Å². The smallest absolute Gasteiger partial charge is 0.227 e. The summed E-state index contributed by atoms with van der Waals surface area (Å²) in [5.41, 5.74) is 0.129. The Bertz CT molecular complexity index is 1020. The minimum Gasteiger partial charge on any atom is -0.388 e. The molecule has 2 bridgehead atoms. The molecular weight excluding hydrogens is 378 g/mol. The molecule has 5 heterocycles. The normalized spacial score (nSPS) is 34.2. The number of aliphatic hydroxyl groups is 1. The minimum absolute atomic E-state index is 0.000458. The van der Waals surface area contributed by atoms with E-state index in [1.54, 1.807) is 6.20 Å². The van der Waals surface area contributed by atoms with Gasteiger partial charge in [0.05, 0.1) is 41.3 Å². The van der Waals surface area contributed by atoms with Crippen LogP contribution >= 0.6 is 0 Å². The van der Waals surface area contributed by atoms with E-state index in [9.17, 15) is 18.3 Å².